The van der Waals surface area contributed by atoms with Gasteiger partial charge in [-0.05, 0) is 57.7 Å². The molecule has 172 valence electrons. The van der Waals surface area contributed by atoms with Gasteiger partial charge in [0.05, 0.1) is 28.9 Å². The van der Waals surface area contributed by atoms with Crippen LogP contribution in [-0.2, 0) is 6.42 Å². The number of fused-ring (bicyclic) bond motifs is 2. The van der Waals surface area contributed by atoms with Gasteiger partial charge in [0, 0.05) is 18.3 Å². The number of halogens is 2. The van der Waals surface area contributed by atoms with Crippen molar-refractivity contribution in [3.8, 4) is 17.9 Å². The summed E-state index contributed by atoms with van der Waals surface area (Å²) in [4.78, 5) is 10.4. The fourth-order valence-electron chi connectivity index (χ4n) is 4.04. The van der Waals surface area contributed by atoms with E-state index in [1.165, 1.54) is 17.6 Å². The van der Waals surface area contributed by atoms with Crippen molar-refractivity contribution in [3.05, 3.63) is 52.9 Å². The summed E-state index contributed by atoms with van der Waals surface area (Å²) in [6.07, 6.45) is 5.55. The second-order valence-corrected chi connectivity index (χ2v) is 8.72. The van der Waals surface area contributed by atoms with E-state index in [1.54, 1.807) is 31.1 Å². The zero-order valence-electron chi connectivity index (χ0n) is 19.1. The number of aromatic nitrogens is 3. The predicted molar refractivity (Wildman–Crippen MR) is 125 cm³/mol. The average molecular weight is 460 g/mol. The number of hydrogen-bond donors (Lipinski definition) is 2. The third-order valence-corrected chi connectivity index (χ3v) is 5.73. The highest BCUT2D eigenvalue weighted by Gasteiger charge is 2.26. The summed E-state index contributed by atoms with van der Waals surface area (Å²) in [5, 5.41) is 25.6. The second kappa shape index (κ2) is 8.68. The van der Waals surface area contributed by atoms with E-state index in [0.717, 1.165) is 24.5 Å². The zero-order chi connectivity index (χ0) is 24.6. The van der Waals surface area contributed by atoms with Gasteiger partial charge in [0.15, 0.2) is 11.6 Å². The molecule has 3 heterocycles. The number of anilines is 2. The van der Waals surface area contributed by atoms with Crippen molar-refractivity contribution in [2.75, 3.05) is 11.4 Å². The van der Waals surface area contributed by atoms with Crippen LogP contribution in [0.4, 0.5) is 20.3 Å². The van der Waals surface area contributed by atoms with E-state index in [9.17, 15) is 9.65 Å². The number of hydrogen-bond acceptors (Lipinski definition) is 6. The summed E-state index contributed by atoms with van der Waals surface area (Å²) in [6.45, 7) is 5.38. The first-order valence-corrected chi connectivity index (χ1v) is 10.8. The highest BCUT2D eigenvalue weighted by Crippen LogP contribution is 2.37. The summed E-state index contributed by atoms with van der Waals surface area (Å²) in [6, 6.07) is 4.51. The number of benzene rings is 1. The maximum Gasteiger partial charge on any atom is 0.230 e. The number of nitriles is 1. The van der Waals surface area contributed by atoms with Crippen molar-refractivity contribution in [2.24, 2.45) is 5.41 Å². The predicted octanol–water partition coefficient (Wildman–Crippen LogP) is 4.41. The Bertz CT molecular complexity index is 1490. The van der Waals surface area contributed by atoms with Gasteiger partial charge in [0.25, 0.3) is 0 Å². The number of nitrogens with zero attached hydrogens (tertiary/aromatic N) is 5. The molecule has 0 saturated carbocycles. The molecule has 0 aliphatic carbocycles. The van der Waals surface area contributed by atoms with E-state index in [4.69, 9.17) is 10.8 Å². The van der Waals surface area contributed by atoms with Gasteiger partial charge < -0.3 is 4.90 Å². The molecule has 0 unspecified atom stereocenters. The molecule has 1 aliphatic heterocycles. The molecule has 34 heavy (non-hydrogen) atoms. The van der Waals surface area contributed by atoms with Gasteiger partial charge in [-0.1, -0.05) is 11.8 Å². The molecule has 0 amide bonds. The standard InChI is InChI=1S/C25H23F2N7/c1-15(29)34-19-8-7-18(26)22(27)21(19)23(32-24(34)30)33-11-5-4-6-17-16(12-31-13-20(17)33)9-10-25(2,3)14-28/h7-8,12-13,29-30H,4-6,11H2,1-3H3. The number of rotatable bonds is 1. The minimum atomic E-state index is -1.08. The highest BCUT2D eigenvalue weighted by atomic mass is 19.2. The van der Waals surface area contributed by atoms with Crippen molar-refractivity contribution in [1.82, 2.24) is 14.5 Å². The summed E-state index contributed by atoms with van der Waals surface area (Å²) in [7, 11) is 0. The van der Waals surface area contributed by atoms with Gasteiger partial charge in [-0.2, -0.15) is 10.2 Å². The highest BCUT2D eigenvalue weighted by molar-refractivity contribution is 5.98. The average Bonchev–Trinajstić information content (AvgIpc) is 3.02. The molecule has 1 aliphatic rings. The van der Waals surface area contributed by atoms with Crippen LogP contribution in [0.25, 0.3) is 10.9 Å². The van der Waals surface area contributed by atoms with Gasteiger partial charge in [-0.15, -0.1) is 0 Å². The second-order valence-electron chi connectivity index (χ2n) is 8.72. The van der Waals surface area contributed by atoms with Crippen molar-refractivity contribution in [3.63, 3.8) is 0 Å². The van der Waals surface area contributed by atoms with Crippen molar-refractivity contribution in [1.29, 1.82) is 16.1 Å². The number of nitrogens with one attached hydrogen (secondary N) is 2. The van der Waals surface area contributed by atoms with Crippen LogP contribution in [0.1, 0.15) is 44.7 Å². The lowest BCUT2D eigenvalue weighted by molar-refractivity contribution is 0.516. The van der Waals surface area contributed by atoms with Crippen molar-refractivity contribution >= 4 is 28.2 Å². The molecule has 0 bridgehead atoms. The maximum atomic E-state index is 15.2. The molecule has 0 fully saturated rings. The number of pyridine rings is 1. The Morgan fingerprint density at radius 2 is 1.97 bits per heavy atom. The lowest BCUT2D eigenvalue weighted by Crippen LogP contribution is -2.31. The third kappa shape index (κ3) is 4.01. The quantitative estimate of drug-likeness (QED) is 0.319. The summed E-state index contributed by atoms with van der Waals surface area (Å²) < 4.78 is 30.7. The fraction of sp³-hybridized carbons (Fsp3) is 0.320. The molecule has 1 aromatic carbocycles. The van der Waals surface area contributed by atoms with E-state index in [2.05, 4.69) is 27.9 Å². The van der Waals surface area contributed by atoms with Crippen LogP contribution in [0.2, 0.25) is 0 Å². The smallest absolute Gasteiger partial charge is 0.230 e. The molecule has 2 aromatic heterocycles. The third-order valence-electron chi connectivity index (χ3n) is 5.73. The zero-order valence-corrected chi connectivity index (χ0v) is 19.1. The monoisotopic (exact) mass is 459 g/mol. The van der Waals surface area contributed by atoms with Crippen molar-refractivity contribution in [2.45, 2.75) is 40.0 Å². The van der Waals surface area contributed by atoms with Crippen LogP contribution in [-0.4, -0.2) is 26.9 Å². The van der Waals surface area contributed by atoms with Crippen LogP contribution < -0.4 is 10.5 Å². The Hall–Kier alpha value is -4.11. The summed E-state index contributed by atoms with van der Waals surface area (Å²) in [5.74, 6) is 4.00. The minimum Gasteiger partial charge on any atom is -0.324 e. The molecule has 7 nitrogen and oxygen atoms in total. The Balaban J connectivity index is 2.01. The molecular formula is C25H23F2N7. The molecule has 0 spiro atoms. The van der Waals surface area contributed by atoms with E-state index in [1.807, 2.05) is 0 Å². The van der Waals surface area contributed by atoms with E-state index in [0.29, 0.717) is 24.2 Å². The van der Waals surface area contributed by atoms with E-state index >= 15 is 4.39 Å². The van der Waals surface area contributed by atoms with E-state index in [-0.39, 0.29) is 28.2 Å². The van der Waals surface area contributed by atoms with Gasteiger partial charge in [0.2, 0.25) is 5.62 Å². The Morgan fingerprint density at radius 3 is 2.68 bits per heavy atom. The Morgan fingerprint density at radius 1 is 1.21 bits per heavy atom. The first-order chi connectivity index (χ1) is 16.1. The van der Waals surface area contributed by atoms with Crippen LogP contribution >= 0.6 is 0 Å². The molecule has 9 heteroatoms. The lowest BCUT2D eigenvalue weighted by atomic mass is 9.95. The minimum absolute atomic E-state index is 0.0318. The fourth-order valence-corrected chi connectivity index (χ4v) is 4.04. The first kappa shape index (κ1) is 23.1. The van der Waals surface area contributed by atoms with Crippen LogP contribution in [0.15, 0.2) is 24.5 Å². The lowest BCUT2D eigenvalue weighted by Gasteiger charge is -2.26. The van der Waals surface area contributed by atoms with Crippen LogP contribution in [0, 0.1) is 51.0 Å². The molecule has 3 aromatic rings. The molecule has 0 saturated heterocycles. The molecular weight excluding hydrogens is 436 g/mol. The SMILES string of the molecule is CC(=N)n1c(=N)nc(N2CCCCc3c(C#CC(C)(C)C#N)cncc32)c2c(F)c(F)ccc21. The van der Waals surface area contributed by atoms with Crippen molar-refractivity contribution < 1.29 is 8.78 Å². The van der Waals surface area contributed by atoms with Crippen LogP contribution in [0.3, 0.4) is 0 Å². The maximum absolute atomic E-state index is 15.2. The molecule has 0 atom stereocenters. The van der Waals surface area contributed by atoms with E-state index < -0.39 is 17.0 Å². The normalized spacial score (nSPS) is 13.5. The molecule has 0 radical (unpaired) electrons. The first-order valence-electron chi connectivity index (χ1n) is 10.8. The largest absolute Gasteiger partial charge is 0.324 e. The summed E-state index contributed by atoms with van der Waals surface area (Å²) in [5.41, 5.74) is 1.30. The molecule has 4 rings (SSSR count). The molecule has 2 N–H and O–H groups in total. The van der Waals surface area contributed by atoms with Gasteiger partial charge >= 0.3 is 0 Å². The summed E-state index contributed by atoms with van der Waals surface area (Å²) >= 11 is 0. The van der Waals surface area contributed by atoms with Gasteiger partial charge in [0.1, 0.15) is 17.1 Å². The van der Waals surface area contributed by atoms with Gasteiger partial charge in [-0.3, -0.25) is 20.4 Å². The Labute approximate surface area is 195 Å². The topological polar surface area (TPSA) is 105 Å². The van der Waals surface area contributed by atoms with Crippen LogP contribution in [0.5, 0.6) is 0 Å². The Kier molecular flexibility index (Phi) is 5.89. The van der Waals surface area contributed by atoms with Gasteiger partial charge in [-0.25, -0.2) is 8.78 Å².